The van der Waals surface area contributed by atoms with Gasteiger partial charge in [0.25, 0.3) is 0 Å². The van der Waals surface area contributed by atoms with Crippen molar-refractivity contribution < 1.29 is 14.3 Å². The molecular weight excluding hydrogens is 296 g/mol. The second kappa shape index (κ2) is 5.65. The first-order valence-corrected chi connectivity index (χ1v) is 6.80. The van der Waals surface area contributed by atoms with Crippen molar-refractivity contribution in [3.63, 3.8) is 0 Å². The van der Waals surface area contributed by atoms with E-state index < -0.39 is 0 Å². The summed E-state index contributed by atoms with van der Waals surface area (Å²) in [7, 11) is 1.38. The molecule has 0 N–H and O–H groups in total. The molecule has 0 saturated heterocycles. The second-order valence-corrected chi connectivity index (χ2v) is 5.45. The highest BCUT2D eigenvalue weighted by atomic mass is 79.9. The molecule has 0 spiro atoms. The van der Waals surface area contributed by atoms with Crippen LogP contribution in [-0.2, 0) is 9.53 Å². The molecule has 1 unspecified atom stereocenters. The number of hydrogen-bond donors (Lipinski definition) is 0. The molecule has 2 rings (SSSR count). The number of carbonyl (C=O) groups is 2. The van der Waals surface area contributed by atoms with Gasteiger partial charge in [-0.2, -0.15) is 0 Å². The van der Waals surface area contributed by atoms with Gasteiger partial charge >= 0.3 is 5.97 Å². The number of ketones is 1. The Kier molecular flexibility index (Phi) is 4.17. The molecule has 0 aromatic heterocycles. The van der Waals surface area contributed by atoms with Gasteiger partial charge in [-0.25, -0.2) is 0 Å². The number of esters is 1. The number of Topliss-reactive ketones (excluding diaryl/α,β-unsaturated/α-hetero) is 1. The van der Waals surface area contributed by atoms with Crippen LogP contribution in [0.1, 0.15) is 29.6 Å². The topological polar surface area (TPSA) is 43.4 Å². The lowest BCUT2D eigenvalue weighted by Crippen LogP contribution is -2.26. The van der Waals surface area contributed by atoms with E-state index in [0.717, 1.165) is 23.7 Å². The molecule has 0 bridgehead atoms. The van der Waals surface area contributed by atoms with Crippen LogP contribution >= 0.6 is 15.9 Å². The van der Waals surface area contributed by atoms with Gasteiger partial charge in [0, 0.05) is 16.0 Å². The average molecular weight is 311 g/mol. The van der Waals surface area contributed by atoms with Crippen LogP contribution in [0.25, 0.3) is 0 Å². The SMILES string of the molecule is COC(=O)[C@@H]1CCCC1C(=O)c1ccc(Br)cc1. The van der Waals surface area contributed by atoms with Gasteiger partial charge in [-0.15, -0.1) is 0 Å². The van der Waals surface area contributed by atoms with E-state index in [1.165, 1.54) is 7.11 Å². The van der Waals surface area contributed by atoms with Crippen molar-refractivity contribution in [2.45, 2.75) is 19.3 Å². The first kappa shape index (κ1) is 13.3. The summed E-state index contributed by atoms with van der Waals surface area (Å²) in [6.07, 6.45) is 2.43. The largest absolute Gasteiger partial charge is 0.469 e. The summed E-state index contributed by atoms with van der Waals surface area (Å²) in [5.41, 5.74) is 0.666. The third kappa shape index (κ3) is 2.64. The molecule has 1 saturated carbocycles. The lowest BCUT2D eigenvalue weighted by Gasteiger charge is -2.16. The standard InChI is InChI=1S/C14H15BrO3/c1-18-14(17)12-4-2-3-11(12)13(16)9-5-7-10(15)8-6-9/h5-8,11-12H,2-4H2,1H3/t11?,12-/m1/s1. The van der Waals surface area contributed by atoms with Gasteiger partial charge in [0.2, 0.25) is 0 Å². The van der Waals surface area contributed by atoms with Crippen LogP contribution in [0.5, 0.6) is 0 Å². The zero-order valence-electron chi connectivity index (χ0n) is 10.2. The normalized spacial score (nSPS) is 22.8. The van der Waals surface area contributed by atoms with Crippen molar-refractivity contribution in [3.8, 4) is 0 Å². The van der Waals surface area contributed by atoms with Crippen molar-refractivity contribution in [1.29, 1.82) is 0 Å². The zero-order chi connectivity index (χ0) is 13.1. The number of benzene rings is 1. The summed E-state index contributed by atoms with van der Waals surface area (Å²) in [6, 6.07) is 7.27. The Labute approximate surface area is 115 Å². The lowest BCUT2D eigenvalue weighted by atomic mass is 9.88. The first-order chi connectivity index (χ1) is 8.63. The zero-order valence-corrected chi connectivity index (χ0v) is 11.8. The molecule has 1 fully saturated rings. The van der Waals surface area contributed by atoms with Gasteiger partial charge in [0.05, 0.1) is 13.0 Å². The Hall–Kier alpha value is -1.16. The summed E-state index contributed by atoms with van der Waals surface area (Å²) in [5.74, 6) is -0.705. The van der Waals surface area contributed by atoms with Gasteiger partial charge in [-0.05, 0) is 25.0 Å². The van der Waals surface area contributed by atoms with Gasteiger partial charge in [0.15, 0.2) is 5.78 Å². The van der Waals surface area contributed by atoms with Gasteiger partial charge in [-0.3, -0.25) is 9.59 Å². The molecule has 4 heteroatoms. The quantitative estimate of drug-likeness (QED) is 0.636. The van der Waals surface area contributed by atoms with E-state index in [2.05, 4.69) is 15.9 Å². The number of halogens is 1. The molecule has 0 amide bonds. The lowest BCUT2D eigenvalue weighted by molar-refractivity contribution is -0.146. The second-order valence-electron chi connectivity index (χ2n) is 4.54. The molecular formula is C14H15BrO3. The Morgan fingerprint density at radius 1 is 1.17 bits per heavy atom. The number of ether oxygens (including phenoxy) is 1. The molecule has 1 aromatic carbocycles. The molecule has 0 aliphatic heterocycles. The molecule has 18 heavy (non-hydrogen) atoms. The van der Waals surface area contributed by atoms with Gasteiger partial charge < -0.3 is 4.74 Å². The fourth-order valence-electron chi connectivity index (χ4n) is 2.54. The number of methoxy groups -OCH3 is 1. The van der Waals surface area contributed by atoms with E-state index in [1.807, 2.05) is 12.1 Å². The fourth-order valence-corrected chi connectivity index (χ4v) is 2.80. The Balaban J connectivity index is 2.17. The van der Waals surface area contributed by atoms with Crippen LogP contribution in [0.15, 0.2) is 28.7 Å². The monoisotopic (exact) mass is 310 g/mol. The molecule has 1 aromatic rings. The third-order valence-corrected chi connectivity index (χ3v) is 4.01. The van der Waals surface area contributed by atoms with E-state index in [0.29, 0.717) is 5.56 Å². The average Bonchev–Trinajstić information content (AvgIpc) is 2.87. The molecule has 0 heterocycles. The van der Waals surface area contributed by atoms with Crippen LogP contribution in [0.2, 0.25) is 0 Å². The van der Waals surface area contributed by atoms with E-state index in [9.17, 15) is 9.59 Å². The maximum absolute atomic E-state index is 12.4. The number of hydrogen-bond acceptors (Lipinski definition) is 3. The van der Waals surface area contributed by atoms with Crippen LogP contribution in [0.3, 0.4) is 0 Å². The maximum atomic E-state index is 12.4. The first-order valence-electron chi connectivity index (χ1n) is 6.01. The smallest absolute Gasteiger partial charge is 0.309 e. The van der Waals surface area contributed by atoms with Crippen LogP contribution in [0, 0.1) is 11.8 Å². The van der Waals surface area contributed by atoms with Crippen molar-refractivity contribution in [3.05, 3.63) is 34.3 Å². The molecule has 0 radical (unpaired) electrons. The summed E-state index contributed by atoms with van der Waals surface area (Å²) in [6.45, 7) is 0. The summed E-state index contributed by atoms with van der Waals surface area (Å²) < 4.78 is 5.71. The van der Waals surface area contributed by atoms with Crippen LogP contribution < -0.4 is 0 Å². The van der Waals surface area contributed by atoms with Crippen molar-refractivity contribution in [2.75, 3.05) is 7.11 Å². The molecule has 96 valence electrons. The van der Waals surface area contributed by atoms with E-state index in [4.69, 9.17) is 4.74 Å². The molecule has 2 atom stereocenters. The van der Waals surface area contributed by atoms with Crippen LogP contribution in [-0.4, -0.2) is 18.9 Å². The van der Waals surface area contributed by atoms with Gasteiger partial charge in [-0.1, -0.05) is 34.5 Å². The van der Waals surface area contributed by atoms with E-state index >= 15 is 0 Å². The van der Waals surface area contributed by atoms with E-state index in [-0.39, 0.29) is 23.6 Å². The summed E-state index contributed by atoms with van der Waals surface area (Å²) in [5, 5.41) is 0. The minimum Gasteiger partial charge on any atom is -0.469 e. The molecule has 1 aliphatic rings. The maximum Gasteiger partial charge on any atom is 0.309 e. The Morgan fingerprint density at radius 2 is 1.78 bits per heavy atom. The van der Waals surface area contributed by atoms with Crippen molar-refractivity contribution >= 4 is 27.7 Å². The van der Waals surface area contributed by atoms with E-state index in [1.54, 1.807) is 12.1 Å². The predicted molar refractivity (Wildman–Crippen MR) is 71.3 cm³/mol. The van der Waals surface area contributed by atoms with Crippen LogP contribution in [0.4, 0.5) is 0 Å². The highest BCUT2D eigenvalue weighted by Gasteiger charge is 2.38. The fraction of sp³-hybridized carbons (Fsp3) is 0.429. The minimum absolute atomic E-state index is 0.0513. The van der Waals surface area contributed by atoms with Crippen molar-refractivity contribution in [2.24, 2.45) is 11.8 Å². The highest BCUT2D eigenvalue weighted by Crippen LogP contribution is 2.35. The minimum atomic E-state index is -0.272. The van der Waals surface area contributed by atoms with Gasteiger partial charge in [0.1, 0.15) is 0 Å². The summed E-state index contributed by atoms with van der Waals surface area (Å²) in [4.78, 5) is 24.0. The highest BCUT2D eigenvalue weighted by molar-refractivity contribution is 9.10. The Bertz CT molecular complexity index is 453. The van der Waals surface area contributed by atoms with Crippen molar-refractivity contribution in [1.82, 2.24) is 0 Å². The molecule has 1 aliphatic carbocycles. The predicted octanol–water partition coefficient (Wildman–Crippen LogP) is 3.22. The molecule has 3 nitrogen and oxygen atoms in total. The number of carbonyl (C=O) groups excluding carboxylic acids is 2. The Morgan fingerprint density at radius 3 is 2.39 bits per heavy atom. The third-order valence-electron chi connectivity index (χ3n) is 3.49. The summed E-state index contributed by atoms with van der Waals surface area (Å²) >= 11 is 3.34. The number of rotatable bonds is 3.